The molecule has 1 aliphatic rings. The zero-order chi connectivity index (χ0) is 15.4. The fraction of sp³-hybridized carbons (Fsp3) is 0.286. The quantitative estimate of drug-likeness (QED) is 0.745. The molecule has 0 atom stereocenters. The molecule has 1 aromatic rings. The molecule has 0 spiro atoms. The molecule has 1 aliphatic heterocycles. The summed E-state index contributed by atoms with van der Waals surface area (Å²) in [5.41, 5.74) is 1.39. The number of hydrogen-bond acceptors (Lipinski definition) is 4. The highest BCUT2D eigenvalue weighted by atomic mass is 16.2. The van der Waals surface area contributed by atoms with Crippen molar-refractivity contribution in [3.63, 3.8) is 0 Å². The van der Waals surface area contributed by atoms with E-state index in [-0.39, 0.29) is 31.3 Å². The van der Waals surface area contributed by atoms with E-state index in [1.807, 2.05) is 0 Å². The second kappa shape index (κ2) is 6.17. The summed E-state index contributed by atoms with van der Waals surface area (Å²) < 4.78 is 0. The number of amides is 4. The highest BCUT2D eigenvalue weighted by Crippen LogP contribution is 2.11. The summed E-state index contributed by atoms with van der Waals surface area (Å²) in [7, 11) is 0. The van der Waals surface area contributed by atoms with Gasteiger partial charge in [-0.3, -0.25) is 24.5 Å². The monoisotopic (exact) mass is 289 g/mol. The molecule has 1 heterocycles. The smallest absolute Gasteiger partial charge is 0.246 e. The van der Waals surface area contributed by atoms with Crippen molar-refractivity contribution in [2.75, 3.05) is 18.4 Å². The molecule has 1 saturated heterocycles. The summed E-state index contributed by atoms with van der Waals surface area (Å²) in [5, 5.41) is 4.77. The lowest BCUT2D eigenvalue weighted by Crippen LogP contribution is -2.53. The largest absolute Gasteiger partial charge is 0.326 e. The summed E-state index contributed by atoms with van der Waals surface area (Å²) in [4.78, 5) is 46.6. The van der Waals surface area contributed by atoms with Crippen LogP contribution < -0.4 is 10.6 Å². The second-order valence-electron chi connectivity index (χ2n) is 4.78. The topological polar surface area (TPSA) is 95.6 Å². The van der Waals surface area contributed by atoms with Crippen molar-refractivity contribution in [2.24, 2.45) is 0 Å². The van der Waals surface area contributed by atoms with Crippen LogP contribution in [0.2, 0.25) is 0 Å². The standard InChI is InChI=1S/C14H15N3O4/c1-9(18)15-11-4-2-10(3-5-11)6-14(21)17-7-12(19)16-13(20)8-17/h2-5H,6-8H2,1H3,(H,15,18)(H,16,19,20). The van der Waals surface area contributed by atoms with Gasteiger partial charge in [-0.25, -0.2) is 0 Å². The van der Waals surface area contributed by atoms with Crippen LogP contribution in [0, 0.1) is 0 Å². The molecule has 0 radical (unpaired) electrons. The van der Waals surface area contributed by atoms with Gasteiger partial charge in [-0.15, -0.1) is 0 Å². The van der Waals surface area contributed by atoms with E-state index < -0.39 is 11.8 Å². The molecule has 110 valence electrons. The number of piperazine rings is 1. The summed E-state index contributed by atoms with van der Waals surface area (Å²) in [5.74, 6) is -1.40. The number of benzene rings is 1. The molecule has 1 fully saturated rings. The van der Waals surface area contributed by atoms with E-state index in [9.17, 15) is 19.2 Å². The van der Waals surface area contributed by atoms with Crippen LogP contribution >= 0.6 is 0 Å². The first-order valence-corrected chi connectivity index (χ1v) is 6.41. The van der Waals surface area contributed by atoms with Gasteiger partial charge in [-0.2, -0.15) is 0 Å². The third-order valence-electron chi connectivity index (χ3n) is 2.93. The van der Waals surface area contributed by atoms with E-state index in [4.69, 9.17) is 0 Å². The van der Waals surface area contributed by atoms with Gasteiger partial charge in [0.1, 0.15) is 13.1 Å². The van der Waals surface area contributed by atoms with E-state index >= 15 is 0 Å². The van der Waals surface area contributed by atoms with Crippen LogP contribution in [-0.4, -0.2) is 41.6 Å². The minimum atomic E-state index is -0.472. The fourth-order valence-corrected chi connectivity index (χ4v) is 2.01. The van der Waals surface area contributed by atoms with Crippen LogP contribution in [0.4, 0.5) is 5.69 Å². The number of carbonyl (C=O) groups excluding carboxylic acids is 4. The number of hydrogen-bond donors (Lipinski definition) is 2. The molecule has 0 unspecified atom stereocenters. The van der Waals surface area contributed by atoms with Gasteiger partial charge in [0.15, 0.2) is 0 Å². The van der Waals surface area contributed by atoms with Crippen molar-refractivity contribution in [2.45, 2.75) is 13.3 Å². The van der Waals surface area contributed by atoms with E-state index in [1.54, 1.807) is 24.3 Å². The van der Waals surface area contributed by atoms with Gasteiger partial charge in [0.05, 0.1) is 6.42 Å². The molecule has 0 aliphatic carbocycles. The third-order valence-corrected chi connectivity index (χ3v) is 2.93. The third kappa shape index (κ3) is 4.13. The number of nitrogens with zero attached hydrogens (tertiary/aromatic N) is 1. The number of imide groups is 1. The Labute approximate surface area is 121 Å². The highest BCUT2D eigenvalue weighted by Gasteiger charge is 2.26. The van der Waals surface area contributed by atoms with E-state index in [0.29, 0.717) is 5.69 Å². The van der Waals surface area contributed by atoms with Crippen molar-refractivity contribution in [1.82, 2.24) is 10.2 Å². The van der Waals surface area contributed by atoms with Crippen molar-refractivity contribution >= 4 is 29.3 Å². The van der Waals surface area contributed by atoms with Crippen molar-refractivity contribution in [3.8, 4) is 0 Å². The molecule has 21 heavy (non-hydrogen) atoms. The summed E-state index contributed by atoms with van der Waals surface area (Å²) >= 11 is 0. The minimum absolute atomic E-state index is 0.0981. The van der Waals surface area contributed by atoms with Crippen LogP contribution in [0.25, 0.3) is 0 Å². The van der Waals surface area contributed by atoms with Gasteiger partial charge in [-0.1, -0.05) is 12.1 Å². The zero-order valence-electron chi connectivity index (χ0n) is 11.5. The second-order valence-corrected chi connectivity index (χ2v) is 4.78. The van der Waals surface area contributed by atoms with Crippen molar-refractivity contribution in [3.05, 3.63) is 29.8 Å². The van der Waals surface area contributed by atoms with Gasteiger partial charge in [-0.05, 0) is 17.7 Å². The molecule has 7 heteroatoms. The molecular weight excluding hydrogens is 274 g/mol. The van der Waals surface area contributed by atoms with Gasteiger partial charge in [0.25, 0.3) is 0 Å². The lowest BCUT2D eigenvalue weighted by molar-refractivity contribution is -0.145. The van der Waals surface area contributed by atoms with Crippen molar-refractivity contribution in [1.29, 1.82) is 0 Å². The normalized spacial score (nSPS) is 14.6. The Morgan fingerprint density at radius 1 is 1.14 bits per heavy atom. The average molecular weight is 289 g/mol. The number of anilines is 1. The van der Waals surface area contributed by atoms with Crippen LogP contribution in [0.1, 0.15) is 12.5 Å². The summed E-state index contributed by atoms with van der Waals surface area (Å²) in [6.45, 7) is 1.21. The van der Waals surface area contributed by atoms with Crippen LogP contribution in [0.15, 0.2) is 24.3 Å². The maximum absolute atomic E-state index is 12.0. The lowest BCUT2D eigenvalue weighted by atomic mass is 10.1. The lowest BCUT2D eigenvalue weighted by Gasteiger charge is -2.25. The molecule has 7 nitrogen and oxygen atoms in total. The van der Waals surface area contributed by atoms with Gasteiger partial charge >= 0.3 is 0 Å². The Morgan fingerprint density at radius 3 is 2.24 bits per heavy atom. The summed E-state index contributed by atoms with van der Waals surface area (Å²) in [6, 6.07) is 6.82. The van der Waals surface area contributed by atoms with Crippen LogP contribution in [-0.2, 0) is 25.6 Å². The molecule has 1 aromatic carbocycles. The van der Waals surface area contributed by atoms with Crippen molar-refractivity contribution < 1.29 is 19.2 Å². The van der Waals surface area contributed by atoms with E-state index in [2.05, 4.69) is 10.6 Å². The van der Waals surface area contributed by atoms with Gasteiger partial charge < -0.3 is 10.2 Å². The van der Waals surface area contributed by atoms with Crippen LogP contribution in [0.3, 0.4) is 0 Å². The Hall–Kier alpha value is -2.70. The Kier molecular flexibility index (Phi) is 4.32. The maximum atomic E-state index is 12.0. The fourth-order valence-electron chi connectivity index (χ4n) is 2.01. The Morgan fingerprint density at radius 2 is 1.71 bits per heavy atom. The molecule has 0 saturated carbocycles. The average Bonchev–Trinajstić information content (AvgIpc) is 2.39. The number of carbonyl (C=O) groups is 4. The first-order valence-electron chi connectivity index (χ1n) is 6.41. The maximum Gasteiger partial charge on any atom is 0.246 e. The SMILES string of the molecule is CC(=O)Nc1ccc(CC(=O)N2CC(=O)NC(=O)C2)cc1. The molecule has 2 rings (SSSR count). The predicted molar refractivity (Wildman–Crippen MR) is 74.2 cm³/mol. The zero-order valence-corrected chi connectivity index (χ0v) is 11.5. The van der Waals surface area contributed by atoms with E-state index in [0.717, 1.165) is 5.56 Å². The molecular formula is C14H15N3O4. The van der Waals surface area contributed by atoms with Gasteiger partial charge in [0, 0.05) is 12.6 Å². The first-order chi connectivity index (χ1) is 9.94. The Balaban J connectivity index is 1.97. The van der Waals surface area contributed by atoms with Crippen LogP contribution in [0.5, 0.6) is 0 Å². The summed E-state index contributed by atoms with van der Waals surface area (Å²) in [6.07, 6.45) is 0.0981. The number of nitrogens with one attached hydrogen (secondary N) is 2. The first kappa shape index (κ1) is 14.7. The molecule has 2 N–H and O–H groups in total. The highest BCUT2D eigenvalue weighted by molar-refractivity contribution is 6.02. The van der Waals surface area contributed by atoms with Gasteiger partial charge in [0.2, 0.25) is 23.6 Å². The van der Waals surface area contributed by atoms with E-state index in [1.165, 1.54) is 11.8 Å². The minimum Gasteiger partial charge on any atom is -0.326 e. The molecule has 0 bridgehead atoms. The Bertz CT molecular complexity index is 579. The predicted octanol–water partition coefficient (Wildman–Crippen LogP) is -0.328. The molecule has 4 amide bonds. The molecule has 0 aromatic heterocycles. The number of rotatable bonds is 3.